The van der Waals surface area contributed by atoms with Crippen LogP contribution < -0.4 is 5.32 Å². The fraction of sp³-hybridized carbons (Fsp3) is 0.786. The minimum absolute atomic E-state index is 0.558. The van der Waals surface area contributed by atoms with Gasteiger partial charge in [-0.05, 0) is 31.1 Å². The Hall–Kier alpha value is -0.410. The van der Waals surface area contributed by atoms with E-state index >= 15 is 0 Å². The van der Waals surface area contributed by atoms with Crippen LogP contribution in [0.3, 0.4) is 0 Å². The minimum Gasteiger partial charge on any atom is -0.310 e. The van der Waals surface area contributed by atoms with Gasteiger partial charge in [0.1, 0.15) is 0 Å². The van der Waals surface area contributed by atoms with Crippen LogP contribution in [0.25, 0.3) is 0 Å². The van der Waals surface area contributed by atoms with Crippen LogP contribution in [-0.4, -0.2) is 11.0 Å². The van der Waals surface area contributed by atoms with Crippen molar-refractivity contribution >= 4 is 11.3 Å². The SMILES string of the molecule is CC(C)NCc1cnc(C2CC3CCC2C3)s1. The van der Waals surface area contributed by atoms with Crippen LogP contribution >= 0.6 is 11.3 Å². The van der Waals surface area contributed by atoms with Crippen LogP contribution in [-0.2, 0) is 6.54 Å². The summed E-state index contributed by atoms with van der Waals surface area (Å²) in [7, 11) is 0. The van der Waals surface area contributed by atoms with Crippen LogP contribution in [0.4, 0.5) is 0 Å². The first kappa shape index (κ1) is 11.7. The Labute approximate surface area is 108 Å². The van der Waals surface area contributed by atoms with E-state index in [2.05, 4.69) is 30.3 Å². The van der Waals surface area contributed by atoms with E-state index in [1.165, 1.54) is 35.6 Å². The normalized spacial score (nSPS) is 31.6. The largest absolute Gasteiger partial charge is 0.310 e. The van der Waals surface area contributed by atoms with Gasteiger partial charge in [0.05, 0.1) is 5.01 Å². The summed E-state index contributed by atoms with van der Waals surface area (Å²) in [5.41, 5.74) is 0. The third-order valence-corrected chi connectivity index (χ3v) is 5.44. The van der Waals surface area contributed by atoms with Gasteiger partial charge < -0.3 is 5.32 Å². The number of aromatic nitrogens is 1. The molecule has 3 atom stereocenters. The zero-order chi connectivity index (χ0) is 11.8. The molecule has 0 saturated heterocycles. The first-order chi connectivity index (χ1) is 8.22. The molecule has 1 aromatic rings. The van der Waals surface area contributed by atoms with E-state index in [4.69, 9.17) is 0 Å². The molecule has 1 heterocycles. The molecule has 1 N–H and O–H groups in total. The van der Waals surface area contributed by atoms with Gasteiger partial charge in [-0.25, -0.2) is 4.98 Å². The Morgan fingerprint density at radius 2 is 2.29 bits per heavy atom. The monoisotopic (exact) mass is 250 g/mol. The average molecular weight is 250 g/mol. The van der Waals surface area contributed by atoms with Crippen LogP contribution in [0.15, 0.2) is 6.20 Å². The van der Waals surface area contributed by atoms with Crippen LogP contribution in [0, 0.1) is 11.8 Å². The summed E-state index contributed by atoms with van der Waals surface area (Å²) < 4.78 is 0. The summed E-state index contributed by atoms with van der Waals surface area (Å²) >= 11 is 1.94. The Morgan fingerprint density at radius 1 is 1.41 bits per heavy atom. The van der Waals surface area contributed by atoms with Gasteiger partial charge in [0.15, 0.2) is 0 Å². The van der Waals surface area contributed by atoms with Crippen molar-refractivity contribution in [2.24, 2.45) is 11.8 Å². The Bertz CT molecular complexity index is 385. The second-order valence-electron chi connectivity index (χ2n) is 5.98. The van der Waals surface area contributed by atoms with Crippen molar-refractivity contribution < 1.29 is 0 Å². The highest BCUT2D eigenvalue weighted by Crippen LogP contribution is 2.53. The molecule has 1 aromatic heterocycles. The van der Waals surface area contributed by atoms with Crippen LogP contribution in [0.2, 0.25) is 0 Å². The van der Waals surface area contributed by atoms with E-state index in [1.54, 1.807) is 0 Å². The number of fused-ring (bicyclic) bond motifs is 2. The molecule has 17 heavy (non-hydrogen) atoms. The van der Waals surface area contributed by atoms with Crippen molar-refractivity contribution in [2.45, 2.75) is 58.0 Å². The molecule has 3 rings (SSSR count). The van der Waals surface area contributed by atoms with Crippen molar-refractivity contribution in [3.05, 3.63) is 16.1 Å². The average Bonchev–Trinajstić information content (AvgIpc) is 3.01. The number of hydrogen-bond acceptors (Lipinski definition) is 3. The van der Waals surface area contributed by atoms with Gasteiger partial charge in [-0.2, -0.15) is 0 Å². The minimum atomic E-state index is 0.558. The molecule has 0 aliphatic heterocycles. The summed E-state index contributed by atoms with van der Waals surface area (Å²) in [4.78, 5) is 6.07. The maximum atomic E-state index is 4.67. The molecule has 3 unspecified atom stereocenters. The maximum Gasteiger partial charge on any atom is 0.0961 e. The molecule has 2 bridgehead atoms. The molecule has 0 radical (unpaired) electrons. The van der Waals surface area contributed by atoms with Crippen LogP contribution in [0.1, 0.15) is 55.3 Å². The molecule has 2 saturated carbocycles. The topological polar surface area (TPSA) is 24.9 Å². The second-order valence-corrected chi connectivity index (χ2v) is 7.13. The quantitative estimate of drug-likeness (QED) is 0.884. The highest BCUT2D eigenvalue weighted by molar-refractivity contribution is 7.11. The summed E-state index contributed by atoms with van der Waals surface area (Å²) in [6, 6.07) is 0.558. The smallest absolute Gasteiger partial charge is 0.0961 e. The predicted molar refractivity (Wildman–Crippen MR) is 72.3 cm³/mol. The Balaban J connectivity index is 1.64. The summed E-state index contributed by atoms with van der Waals surface area (Å²) in [6.07, 6.45) is 7.91. The van der Waals surface area contributed by atoms with Gasteiger partial charge in [-0.3, -0.25) is 0 Å². The zero-order valence-corrected chi connectivity index (χ0v) is 11.6. The number of nitrogens with one attached hydrogen (secondary N) is 1. The van der Waals surface area contributed by atoms with E-state index in [0.29, 0.717) is 6.04 Å². The molecule has 94 valence electrons. The Kier molecular flexibility index (Phi) is 3.22. The van der Waals surface area contributed by atoms with Gasteiger partial charge in [0, 0.05) is 29.6 Å². The number of rotatable bonds is 4. The lowest BCUT2D eigenvalue weighted by Crippen LogP contribution is -2.21. The van der Waals surface area contributed by atoms with E-state index in [-0.39, 0.29) is 0 Å². The number of nitrogens with zero attached hydrogens (tertiary/aromatic N) is 1. The fourth-order valence-electron chi connectivity index (χ4n) is 3.43. The molecular formula is C14H22N2S. The lowest BCUT2D eigenvalue weighted by molar-refractivity contribution is 0.419. The zero-order valence-electron chi connectivity index (χ0n) is 10.8. The highest BCUT2D eigenvalue weighted by atomic mass is 32.1. The third kappa shape index (κ3) is 2.41. The summed E-state index contributed by atoms with van der Waals surface area (Å²) in [6.45, 7) is 5.37. The molecule has 3 heteroatoms. The summed E-state index contributed by atoms with van der Waals surface area (Å²) in [5, 5.41) is 4.88. The van der Waals surface area contributed by atoms with Crippen LogP contribution in [0.5, 0.6) is 0 Å². The van der Waals surface area contributed by atoms with Crippen molar-refractivity contribution in [1.82, 2.24) is 10.3 Å². The molecule has 2 fully saturated rings. The predicted octanol–water partition coefficient (Wildman–Crippen LogP) is 3.54. The number of thiazole rings is 1. The van der Waals surface area contributed by atoms with Crippen molar-refractivity contribution in [3.8, 4) is 0 Å². The van der Waals surface area contributed by atoms with Crippen molar-refractivity contribution in [3.63, 3.8) is 0 Å². The highest BCUT2D eigenvalue weighted by Gasteiger charge is 2.41. The molecule has 2 aliphatic carbocycles. The summed E-state index contributed by atoms with van der Waals surface area (Å²) in [5.74, 6) is 2.77. The van der Waals surface area contributed by atoms with Gasteiger partial charge in [-0.1, -0.05) is 20.3 Å². The van der Waals surface area contributed by atoms with Gasteiger partial charge in [0.25, 0.3) is 0 Å². The van der Waals surface area contributed by atoms with E-state index in [1.807, 2.05) is 11.3 Å². The maximum absolute atomic E-state index is 4.67. The van der Waals surface area contributed by atoms with Gasteiger partial charge in [0.2, 0.25) is 0 Å². The molecular weight excluding hydrogens is 228 g/mol. The molecule has 2 aliphatic rings. The molecule has 2 nitrogen and oxygen atoms in total. The molecule has 0 amide bonds. The Morgan fingerprint density at radius 3 is 2.94 bits per heavy atom. The van der Waals surface area contributed by atoms with E-state index in [0.717, 1.165) is 24.3 Å². The fourth-order valence-corrected chi connectivity index (χ4v) is 4.50. The standard InChI is InChI=1S/C14H22N2S/c1-9(2)15-7-12-8-16-14(17-12)13-6-10-3-4-11(13)5-10/h8-11,13,15H,3-7H2,1-2H3. The number of hydrogen-bond donors (Lipinski definition) is 1. The van der Waals surface area contributed by atoms with Gasteiger partial charge in [-0.15, -0.1) is 11.3 Å². The lowest BCUT2D eigenvalue weighted by Gasteiger charge is -2.18. The first-order valence-electron chi connectivity index (χ1n) is 6.90. The molecule has 0 aromatic carbocycles. The second kappa shape index (κ2) is 4.69. The molecule has 0 spiro atoms. The van der Waals surface area contributed by atoms with Crippen molar-refractivity contribution in [2.75, 3.05) is 0 Å². The third-order valence-electron chi connectivity index (χ3n) is 4.31. The van der Waals surface area contributed by atoms with Crippen molar-refractivity contribution in [1.29, 1.82) is 0 Å². The lowest BCUT2D eigenvalue weighted by atomic mass is 9.89. The van der Waals surface area contributed by atoms with E-state index < -0.39 is 0 Å². The first-order valence-corrected chi connectivity index (χ1v) is 7.72. The van der Waals surface area contributed by atoms with Gasteiger partial charge >= 0.3 is 0 Å². The van der Waals surface area contributed by atoms with E-state index in [9.17, 15) is 0 Å².